The summed E-state index contributed by atoms with van der Waals surface area (Å²) < 4.78 is 13.3. The maximum absolute atomic E-state index is 13.2. The van der Waals surface area contributed by atoms with Gasteiger partial charge in [-0.25, -0.2) is 4.39 Å². The largest absolute Gasteiger partial charge is 0.369 e. The standard InChI is InChI=1S/C11H9BrFN3O4/c12-7-2-6(13)3-8(16(19)20)10(7)15-4-5(11(14)18)1-9(15)17/h2-3,5H,1,4H2,(H2,14,18). The SMILES string of the molecule is NC(=O)C1CC(=O)N(c2c(Br)cc(F)cc2[N+](=O)[O-])C1. The monoisotopic (exact) mass is 345 g/mol. The number of halogens is 2. The lowest BCUT2D eigenvalue weighted by Crippen LogP contribution is -2.29. The summed E-state index contributed by atoms with van der Waals surface area (Å²) in [6.07, 6.45) is -0.115. The molecule has 0 aliphatic carbocycles. The van der Waals surface area contributed by atoms with E-state index in [0.717, 1.165) is 17.0 Å². The van der Waals surface area contributed by atoms with Crippen LogP contribution in [-0.4, -0.2) is 23.3 Å². The van der Waals surface area contributed by atoms with E-state index in [9.17, 15) is 24.1 Å². The van der Waals surface area contributed by atoms with Crippen LogP contribution in [0.2, 0.25) is 0 Å². The number of rotatable bonds is 3. The van der Waals surface area contributed by atoms with Crippen molar-refractivity contribution in [3.63, 3.8) is 0 Å². The number of nitro benzene ring substituents is 1. The molecule has 0 aromatic heterocycles. The molecule has 1 heterocycles. The summed E-state index contributed by atoms with van der Waals surface area (Å²) in [5.74, 6) is -2.63. The molecule has 1 unspecified atom stereocenters. The number of hydrogen-bond acceptors (Lipinski definition) is 4. The average molecular weight is 346 g/mol. The first-order valence-corrected chi connectivity index (χ1v) is 6.33. The molecule has 1 atom stereocenters. The molecule has 1 fully saturated rings. The van der Waals surface area contributed by atoms with Gasteiger partial charge in [-0.1, -0.05) is 0 Å². The Balaban J connectivity index is 2.50. The van der Waals surface area contributed by atoms with E-state index in [0.29, 0.717) is 0 Å². The van der Waals surface area contributed by atoms with Crippen LogP contribution >= 0.6 is 15.9 Å². The molecule has 2 rings (SSSR count). The van der Waals surface area contributed by atoms with Gasteiger partial charge in [0.05, 0.1) is 21.4 Å². The van der Waals surface area contributed by atoms with Crippen LogP contribution in [0.5, 0.6) is 0 Å². The molecular weight excluding hydrogens is 337 g/mol. The lowest BCUT2D eigenvalue weighted by atomic mass is 10.1. The van der Waals surface area contributed by atoms with Crippen LogP contribution in [0, 0.1) is 21.8 Å². The molecule has 106 valence electrons. The Hall–Kier alpha value is -2.03. The number of nitrogens with two attached hydrogens (primary N) is 1. The van der Waals surface area contributed by atoms with E-state index in [1.54, 1.807) is 0 Å². The first kappa shape index (κ1) is 14.4. The zero-order valence-corrected chi connectivity index (χ0v) is 11.6. The summed E-state index contributed by atoms with van der Waals surface area (Å²) in [7, 11) is 0. The second-order valence-corrected chi connectivity index (χ2v) is 5.17. The highest BCUT2D eigenvalue weighted by atomic mass is 79.9. The van der Waals surface area contributed by atoms with Crippen LogP contribution in [0.4, 0.5) is 15.8 Å². The topological polar surface area (TPSA) is 107 Å². The first-order chi connectivity index (χ1) is 9.31. The zero-order chi connectivity index (χ0) is 15.0. The van der Waals surface area contributed by atoms with Crippen molar-refractivity contribution in [2.45, 2.75) is 6.42 Å². The Morgan fingerprint density at radius 2 is 2.20 bits per heavy atom. The number of carbonyl (C=O) groups excluding carboxylic acids is 2. The van der Waals surface area contributed by atoms with E-state index in [-0.39, 0.29) is 23.1 Å². The van der Waals surface area contributed by atoms with Crippen LogP contribution < -0.4 is 10.6 Å². The predicted molar refractivity (Wildman–Crippen MR) is 70.4 cm³/mol. The maximum atomic E-state index is 13.2. The van der Waals surface area contributed by atoms with Gasteiger partial charge in [0.25, 0.3) is 5.69 Å². The smallest absolute Gasteiger partial charge is 0.297 e. The molecule has 1 aliphatic rings. The third-order valence-electron chi connectivity index (χ3n) is 3.00. The number of benzene rings is 1. The highest BCUT2D eigenvalue weighted by molar-refractivity contribution is 9.10. The van der Waals surface area contributed by atoms with Crippen molar-refractivity contribution in [1.29, 1.82) is 0 Å². The average Bonchev–Trinajstić information content (AvgIpc) is 2.70. The fourth-order valence-corrected chi connectivity index (χ4v) is 2.71. The fourth-order valence-electron chi connectivity index (χ4n) is 2.07. The Kier molecular flexibility index (Phi) is 3.71. The van der Waals surface area contributed by atoms with Crippen molar-refractivity contribution in [3.05, 3.63) is 32.5 Å². The molecule has 1 aliphatic heterocycles. The summed E-state index contributed by atoms with van der Waals surface area (Å²) in [6.45, 7) is -0.0563. The third kappa shape index (κ3) is 2.48. The fraction of sp³-hybridized carbons (Fsp3) is 0.273. The van der Waals surface area contributed by atoms with Crippen LogP contribution in [-0.2, 0) is 9.59 Å². The highest BCUT2D eigenvalue weighted by Crippen LogP contribution is 2.39. The zero-order valence-electron chi connectivity index (χ0n) is 10.0. The molecule has 2 amide bonds. The number of hydrogen-bond donors (Lipinski definition) is 1. The number of anilines is 1. The maximum Gasteiger partial charge on any atom is 0.297 e. The number of nitro groups is 1. The summed E-state index contributed by atoms with van der Waals surface area (Å²) >= 11 is 3.01. The molecule has 1 saturated heterocycles. The predicted octanol–water partition coefficient (Wildman–Crippen LogP) is 1.33. The number of amides is 2. The molecule has 1 aromatic carbocycles. The Morgan fingerprint density at radius 3 is 2.70 bits per heavy atom. The molecule has 20 heavy (non-hydrogen) atoms. The van der Waals surface area contributed by atoms with E-state index in [1.165, 1.54) is 0 Å². The minimum atomic E-state index is -0.801. The van der Waals surface area contributed by atoms with Gasteiger partial charge in [-0.05, 0) is 22.0 Å². The quantitative estimate of drug-likeness (QED) is 0.658. The third-order valence-corrected chi connectivity index (χ3v) is 3.61. The van der Waals surface area contributed by atoms with Crippen molar-refractivity contribution in [1.82, 2.24) is 0 Å². The molecule has 0 saturated carbocycles. The van der Waals surface area contributed by atoms with Crippen LogP contribution in [0.3, 0.4) is 0 Å². The molecule has 0 bridgehead atoms. The van der Waals surface area contributed by atoms with E-state index in [1.807, 2.05) is 0 Å². The molecule has 1 aromatic rings. The molecule has 2 N–H and O–H groups in total. The van der Waals surface area contributed by atoms with Crippen LogP contribution in [0.1, 0.15) is 6.42 Å². The van der Waals surface area contributed by atoms with Gasteiger partial charge in [-0.3, -0.25) is 19.7 Å². The molecule has 0 radical (unpaired) electrons. The van der Waals surface area contributed by atoms with Gasteiger partial charge in [0.1, 0.15) is 11.5 Å². The highest BCUT2D eigenvalue weighted by Gasteiger charge is 2.38. The normalized spacial score (nSPS) is 18.4. The molecular formula is C11H9BrFN3O4. The van der Waals surface area contributed by atoms with E-state index in [2.05, 4.69) is 15.9 Å². The van der Waals surface area contributed by atoms with Crippen LogP contribution in [0.25, 0.3) is 0 Å². The van der Waals surface area contributed by atoms with Crippen molar-refractivity contribution >= 4 is 39.1 Å². The Bertz CT molecular complexity index is 622. The Morgan fingerprint density at radius 1 is 1.55 bits per heavy atom. The second kappa shape index (κ2) is 5.16. The van der Waals surface area contributed by atoms with Gasteiger partial charge in [0, 0.05) is 13.0 Å². The van der Waals surface area contributed by atoms with Gasteiger partial charge in [-0.15, -0.1) is 0 Å². The van der Waals surface area contributed by atoms with E-state index < -0.39 is 34.2 Å². The van der Waals surface area contributed by atoms with Gasteiger partial charge < -0.3 is 10.6 Å². The summed E-state index contributed by atoms with van der Waals surface area (Å²) in [6, 6.07) is 1.75. The van der Waals surface area contributed by atoms with E-state index >= 15 is 0 Å². The van der Waals surface area contributed by atoms with Crippen molar-refractivity contribution in [2.75, 3.05) is 11.4 Å². The van der Waals surface area contributed by atoms with Gasteiger partial charge >= 0.3 is 0 Å². The van der Waals surface area contributed by atoms with Gasteiger partial charge in [0.15, 0.2) is 0 Å². The van der Waals surface area contributed by atoms with Gasteiger partial charge in [0.2, 0.25) is 11.8 Å². The lowest BCUT2D eigenvalue weighted by molar-refractivity contribution is -0.384. The van der Waals surface area contributed by atoms with Crippen molar-refractivity contribution in [3.8, 4) is 0 Å². The first-order valence-electron chi connectivity index (χ1n) is 5.54. The molecule has 7 nitrogen and oxygen atoms in total. The molecule has 9 heteroatoms. The van der Waals surface area contributed by atoms with Crippen LogP contribution in [0.15, 0.2) is 16.6 Å². The molecule has 0 spiro atoms. The van der Waals surface area contributed by atoms with E-state index in [4.69, 9.17) is 5.73 Å². The summed E-state index contributed by atoms with van der Waals surface area (Å²) in [4.78, 5) is 34.3. The lowest BCUT2D eigenvalue weighted by Gasteiger charge is -2.17. The van der Waals surface area contributed by atoms with Crippen molar-refractivity contribution < 1.29 is 18.9 Å². The Labute approximate surface area is 120 Å². The minimum absolute atomic E-state index is 0.0563. The number of primary amides is 1. The number of nitrogens with zero attached hydrogens (tertiary/aromatic N) is 2. The second-order valence-electron chi connectivity index (χ2n) is 4.32. The number of carbonyl (C=O) groups is 2. The minimum Gasteiger partial charge on any atom is -0.369 e. The van der Waals surface area contributed by atoms with Crippen molar-refractivity contribution in [2.24, 2.45) is 11.7 Å². The van der Waals surface area contributed by atoms with Gasteiger partial charge in [-0.2, -0.15) is 0 Å². The summed E-state index contributed by atoms with van der Waals surface area (Å²) in [5.41, 5.74) is 4.53. The summed E-state index contributed by atoms with van der Waals surface area (Å²) in [5, 5.41) is 11.0.